The van der Waals surface area contributed by atoms with Crippen molar-refractivity contribution >= 4 is 19.8 Å². The van der Waals surface area contributed by atoms with Gasteiger partial charge in [0.25, 0.3) is 0 Å². The Hall–Kier alpha value is -2.33. The Morgan fingerprint density at radius 3 is 1.58 bits per heavy atom. The first-order chi connectivity index (χ1) is 27.5. The highest BCUT2D eigenvalue weighted by Gasteiger charge is 2.27. The number of esters is 2. The highest BCUT2D eigenvalue weighted by atomic mass is 31.2. The third kappa shape index (κ3) is 43.1. The fourth-order valence-corrected chi connectivity index (χ4v) is 6.31. The molecule has 11 heteroatoms. The fourth-order valence-electron chi connectivity index (χ4n) is 5.57. The van der Waals surface area contributed by atoms with E-state index in [1.54, 1.807) is 0 Å². The number of ether oxygens (including phenoxy) is 2. The standard InChI is InChI=1S/C46H82NO9P/c1-5-6-7-8-9-10-11-12-16-19-22-25-28-31-34-37-45(49)53-42-44(43-55-57(51,52)54-41-39-47(2,3)4)56-46(50)38-35-32-29-26-23-20-17-14-13-15-18-21-24-27-30-33-36-40-48/h10-11,13,15,17,20-21,24,26,29,44,48H,5-9,12,14,16,18-19,22-23,25,27-28,30-43H2,1-4H3/p+1/b11-10-,15-13-,20-17-,24-21-,29-26-/t44-/m1/s1. The number of aliphatic hydroxyl groups is 1. The van der Waals surface area contributed by atoms with Crippen molar-refractivity contribution in [2.45, 2.75) is 167 Å². The van der Waals surface area contributed by atoms with Gasteiger partial charge >= 0.3 is 19.8 Å². The molecule has 0 aromatic heterocycles. The van der Waals surface area contributed by atoms with Crippen LogP contribution in [0.4, 0.5) is 0 Å². The van der Waals surface area contributed by atoms with E-state index in [-0.39, 0.29) is 32.7 Å². The summed E-state index contributed by atoms with van der Waals surface area (Å²) < 4.78 is 34.2. The second-order valence-corrected chi connectivity index (χ2v) is 17.3. The lowest BCUT2D eigenvalue weighted by Gasteiger charge is -2.24. The molecule has 0 aliphatic carbocycles. The number of aliphatic hydroxyl groups excluding tert-OH is 1. The van der Waals surface area contributed by atoms with Gasteiger partial charge in [0.15, 0.2) is 6.10 Å². The van der Waals surface area contributed by atoms with Crippen molar-refractivity contribution in [1.82, 2.24) is 0 Å². The van der Waals surface area contributed by atoms with Crippen LogP contribution in [0.3, 0.4) is 0 Å². The minimum atomic E-state index is -4.40. The molecule has 0 amide bonds. The maximum absolute atomic E-state index is 12.7. The Labute approximate surface area is 348 Å². The number of phosphoric acid groups is 1. The van der Waals surface area contributed by atoms with Gasteiger partial charge in [-0.2, -0.15) is 0 Å². The number of carbonyl (C=O) groups excluding carboxylic acids is 2. The largest absolute Gasteiger partial charge is 0.472 e. The first-order valence-electron chi connectivity index (χ1n) is 22.1. The average molecular weight is 825 g/mol. The molecule has 1 unspecified atom stereocenters. The van der Waals surface area contributed by atoms with Gasteiger partial charge in [0, 0.05) is 19.4 Å². The lowest BCUT2D eigenvalue weighted by molar-refractivity contribution is -0.870. The van der Waals surface area contributed by atoms with E-state index in [0.29, 0.717) is 23.9 Å². The van der Waals surface area contributed by atoms with Crippen LogP contribution in [0.5, 0.6) is 0 Å². The van der Waals surface area contributed by atoms with Crippen LogP contribution in [0.25, 0.3) is 0 Å². The Morgan fingerprint density at radius 2 is 1.04 bits per heavy atom. The summed E-state index contributed by atoms with van der Waals surface area (Å²) in [6, 6.07) is 0. The molecule has 0 aliphatic rings. The SMILES string of the molecule is CCCCCC/C=C\CCCCCCCCCC(=O)OC[C@H](COP(=O)(O)OCC[N+](C)(C)C)OC(=O)CCC/C=C\C/C=C\C/C=C\C/C=C\CCCCCO. The second kappa shape index (κ2) is 39.1. The van der Waals surface area contributed by atoms with Crippen molar-refractivity contribution in [3.8, 4) is 0 Å². The third-order valence-corrected chi connectivity index (χ3v) is 10.1. The molecule has 2 N–H and O–H groups in total. The molecule has 0 rings (SSSR count). The Balaban J connectivity index is 4.47. The molecule has 2 atom stereocenters. The number of allylic oxidation sites excluding steroid dienone is 10. The van der Waals surface area contributed by atoms with Crippen molar-refractivity contribution in [2.24, 2.45) is 0 Å². The van der Waals surface area contributed by atoms with E-state index in [1.807, 2.05) is 27.2 Å². The molecule has 0 heterocycles. The maximum atomic E-state index is 12.7. The number of phosphoric ester groups is 1. The lowest BCUT2D eigenvalue weighted by Crippen LogP contribution is -2.37. The zero-order valence-corrected chi connectivity index (χ0v) is 37.4. The first kappa shape index (κ1) is 54.7. The number of rotatable bonds is 40. The molecule has 57 heavy (non-hydrogen) atoms. The van der Waals surface area contributed by atoms with Crippen molar-refractivity contribution in [3.05, 3.63) is 60.8 Å². The van der Waals surface area contributed by atoms with Crippen molar-refractivity contribution < 1.29 is 47.2 Å². The van der Waals surface area contributed by atoms with E-state index >= 15 is 0 Å². The lowest BCUT2D eigenvalue weighted by atomic mass is 10.1. The summed E-state index contributed by atoms with van der Waals surface area (Å²) in [4.78, 5) is 35.3. The van der Waals surface area contributed by atoms with Crippen molar-refractivity contribution in [1.29, 1.82) is 0 Å². The maximum Gasteiger partial charge on any atom is 0.472 e. The highest BCUT2D eigenvalue weighted by Crippen LogP contribution is 2.43. The van der Waals surface area contributed by atoms with E-state index < -0.39 is 32.5 Å². The quantitative estimate of drug-likeness (QED) is 0.0204. The van der Waals surface area contributed by atoms with E-state index in [9.17, 15) is 19.0 Å². The monoisotopic (exact) mass is 825 g/mol. The van der Waals surface area contributed by atoms with E-state index in [2.05, 4.69) is 61.6 Å². The van der Waals surface area contributed by atoms with Crippen LogP contribution in [-0.4, -0.2) is 86.6 Å². The van der Waals surface area contributed by atoms with Crippen LogP contribution in [-0.2, 0) is 32.7 Å². The molecule has 0 bridgehead atoms. The number of hydrogen-bond acceptors (Lipinski definition) is 8. The molecular weight excluding hydrogens is 741 g/mol. The molecule has 0 spiro atoms. The van der Waals surface area contributed by atoms with Crippen LogP contribution in [0.1, 0.15) is 161 Å². The number of likely N-dealkylation sites (N-methyl/N-ethyl adjacent to an activating group) is 1. The predicted octanol–water partition coefficient (Wildman–Crippen LogP) is 11.4. The van der Waals surface area contributed by atoms with Gasteiger partial charge < -0.3 is 24.0 Å². The molecule has 10 nitrogen and oxygen atoms in total. The van der Waals surface area contributed by atoms with E-state index in [1.165, 1.54) is 51.4 Å². The summed E-state index contributed by atoms with van der Waals surface area (Å²) >= 11 is 0. The topological polar surface area (TPSA) is 129 Å². The Morgan fingerprint density at radius 1 is 0.579 bits per heavy atom. The normalized spacial score (nSPS) is 14.1. The number of unbranched alkanes of at least 4 members (excludes halogenated alkanes) is 15. The predicted molar refractivity (Wildman–Crippen MR) is 235 cm³/mol. The summed E-state index contributed by atoms with van der Waals surface area (Å²) in [6.07, 6.45) is 44.3. The molecule has 0 radical (unpaired) electrons. The van der Waals surface area contributed by atoms with Gasteiger partial charge in [0.05, 0.1) is 27.7 Å². The Kier molecular flexibility index (Phi) is 37.5. The summed E-state index contributed by atoms with van der Waals surface area (Å²) in [5.74, 6) is -0.887. The Bertz CT molecular complexity index is 1160. The van der Waals surface area contributed by atoms with Crippen LogP contribution >= 0.6 is 7.82 Å². The average Bonchev–Trinajstić information content (AvgIpc) is 3.16. The molecule has 0 saturated carbocycles. The molecule has 0 aromatic carbocycles. The first-order valence-corrected chi connectivity index (χ1v) is 23.6. The van der Waals surface area contributed by atoms with Gasteiger partial charge in [-0.15, -0.1) is 0 Å². The summed E-state index contributed by atoms with van der Waals surface area (Å²) in [5.41, 5.74) is 0. The number of hydrogen-bond donors (Lipinski definition) is 2. The minimum Gasteiger partial charge on any atom is -0.462 e. The van der Waals surface area contributed by atoms with Crippen molar-refractivity contribution in [3.63, 3.8) is 0 Å². The van der Waals surface area contributed by atoms with Gasteiger partial charge in [-0.25, -0.2) is 4.57 Å². The molecular formula is C46H83NO9P+. The zero-order valence-electron chi connectivity index (χ0n) is 36.5. The molecule has 0 saturated heterocycles. The molecule has 0 aromatic rings. The molecule has 0 aliphatic heterocycles. The highest BCUT2D eigenvalue weighted by molar-refractivity contribution is 7.47. The number of carbonyl (C=O) groups is 2. The van der Waals surface area contributed by atoms with Gasteiger partial charge in [-0.05, 0) is 83.5 Å². The van der Waals surface area contributed by atoms with Crippen molar-refractivity contribution in [2.75, 3.05) is 54.1 Å². The van der Waals surface area contributed by atoms with Crippen LogP contribution in [0.15, 0.2) is 60.8 Å². The van der Waals surface area contributed by atoms with E-state index in [0.717, 1.165) is 77.0 Å². The summed E-state index contributed by atoms with van der Waals surface area (Å²) in [6.45, 7) is 2.33. The van der Waals surface area contributed by atoms with Crippen LogP contribution < -0.4 is 0 Å². The second-order valence-electron chi connectivity index (χ2n) is 15.8. The van der Waals surface area contributed by atoms with Gasteiger partial charge in [0.2, 0.25) is 0 Å². The number of nitrogens with zero attached hydrogens (tertiary/aromatic N) is 1. The third-order valence-electron chi connectivity index (χ3n) is 9.07. The van der Waals surface area contributed by atoms with E-state index in [4.69, 9.17) is 23.6 Å². The summed E-state index contributed by atoms with van der Waals surface area (Å²) in [5, 5.41) is 8.80. The minimum absolute atomic E-state index is 0.0136. The zero-order chi connectivity index (χ0) is 42.1. The molecule has 330 valence electrons. The van der Waals surface area contributed by atoms with Crippen LogP contribution in [0, 0.1) is 0 Å². The van der Waals surface area contributed by atoms with Gasteiger partial charge in [-0.3, -0.25) is 18.6 Å². The van der Waals surface area contributed by atoms with Crippen LogP contribution in [0.2, 0.25) is 0 Å². The smallest absolute Gasteiger partial charge is 0.462 e. The summed E-state index contributed by atoms with van der Waals surface area (Å²) in [7, 11) is 1.41. The number of quaternary nitrogens is 1. The van der Waals surface area contributed by atoms with Gasteiger partial charge in [-0.1, -0.05) is 125 Å². The fraction of sp³-hybridized carbons (Fsp3) is 0.739. The molecule has 0 fully saturated rings. The van der Waals surface area contributed by atoms with Gasteiger partial charge in [0.1, 0.15) is 19.8 Å².